The van der Waals surface area contributed by atoms with Crippen LogP contribution in [-0.2, 0) is 0 Å². The Hall–Kier alpha value is -1.36. The number of nitrogens with two attached hydrogens (primary N) is 1. The molecule has 0 bridgehead atoms. The average Bonchev–Trinajstić information content (AvgIpc) is 2.15. The second-order valence-electron chi connectivity index (χ2n) is 2.90. The van der Waals surface area contributed by atoms with Crippen molar-refractivity contribution in [2.75, 3.05) is 24.2 Å². The van der Waals surface area contributed by atoms with Crippen LogP contribution in [0.2, 0.25) is 0 Å². The number of hydrogen-bond acceptors (Lipinski definition) is 5. The van der Waals surface area contributed by atoms with Crippen LogP contribution in [0.3, 0.4) is 0 Å². The van der Waals surface area contributed by atoms with E-state index >= 15 is 0 Å². The predicted molar refractivity (Wildman–Crippen MR) is 53.7 cm³/mol. The van der Waals surface area contributed by atoms with Gasteiger partial charge in [0.25, 0.3) is 0 Å². The van der Waals surface area contributed by atoms with Gasteiger partial charge >= 0.3 is 0 Å². The lowest BCUT2D eigenvalue weighted by atomic mass is 10.3. The van der Waals surface area contributed by atoms with Gasteiger partial charge in [0.15, 0.2) is 0 Å². The van der Waals surface area contributed by atoms with Crippen molar-refractivity contribution in [2.24, 2.45) is 5.73 Å². The second kappa shape index (κ2) is 4.61. The van der Waals surface area contributed by atoms with Crippen molar-refractivity contribution in [3.05, 3.63) is 12.4 Å². The fourth-order valence-electron chi connectivity index (χ4n) is 0.856. The minimum atomic E-state index is 0.119. The van der Waals surface area contributed by atoms with Crippen LogP contribution in [0.5, 0.6) is 0 Å². The largest absolute Gasteiger partial charge is 0.373 e. The Balaban J connectivity index is 2.56. The van der Waals surface area contributed by atoms with E-state index in [2.05, 4.69) is 20.6 Å². The summed E-state index contributed by atoms with van der Waals surface area (Å²) in [7, 11) is 1.82. The molecule has 0 fully saturated rings. The van der Waals surface area contributed by atoms with Crippen LogP contribution in [0.4, 0.5) is 11.6 Å². The lowest BCUT2D eigenvalue weighted by molar-refractivity contribution is 0.777. The molecule has 0 aliphatic rings. The fraction of sp³-hybridized carbons (Fsp3) is 0.500. The van der Waals surface area contributed by atoms with E-state index < -0.39 is 0 Å². The van der Waals surface area contributed by atoms with Gasteiger partial charge < -0.3 is 16.4 Å². The van der Waals surface area contributed by atoms with E-state index in [-0.39, 0.29) is 6.04 Å². The Morgan fingerprint density at radius 1 is 1.46 bits per heavy atom. The van der Waals surface area contributed by atoms with E-state index in [9.17, 15) is 0 Å². The molecule has 1 atom stereocenters. The molecule has 5 heteroatoms. The Labute approximate surface area is 77.8 Å². The average molecular weight is 181 g/mol. The van der Waals surface area contributed by atoms with E-state index in [0.717, 1.165) is 11.6 Å². The lowest BCUT2D eigenvalue weighted by Gasteiger charge is -2.08. The molecule has 5 nitrogen and oxygen atoms in total. The molecule has 0 saturated carbocycles. The summed E-state index contributed by atoms with van der Waals surface area (Å²) in [5.74, 6) is 1.58. The van der Waals surface area contributed by atoms with Crippen LogP contribution < -0.4 is 16.4 Å². The van der Waals surface area contributed by atoms with Crippen molar-refractivity contribution in [3.8, 4) is 0 Å². The summed E-state index contributed by atoms with van der Waals surface area (Å²) < 4.78 is 0. The molecular formula is C8H15N5. The summed E-state index contributed by atoms with van der Waals surface area (Å²) in [6, 6.07) is 1.95. The van der Waals surface area contributed by atoms with Crippen LogP contribution >= 0.6 is 0 Å². The minimum absolute atomic E-state index is 0.119. The quantitative estimate of drug-likeness (QED) is 0.622. The molecule has 4 N–H and O–H groups in total. The van der Waals surface area contributed by atoms with Crippen LogP contribution in [-0.4, -0.2) is 29.6 Å². The summed E-state index contributed by atoms with van der Waals surface area (Å²) in [5.41, 5.74) is 5.59. The van der Waals surface area contributed by atoms with Crippen molar-refractivity contribution >= 4 is 11.6 Å². The van der Waals surface area contributed by atoms with Gasteiger partial charge in [0.1, 0.15) is 18.0 Å². The van der Waals surface area contributed by atoms with Crippen LogP contribution in [0.15, 0.2) is 12.4 Å². The minimum Gasteiger partial charge on any atom is -0.373 e. The second-order valence-corrected chi connectivity index (χ2v) is 2.90. The van der Waals surface area contributed by atoms with Gasteiger partial charge in [0.05, 0.1) is 0 Å². The van der Waals surface area contributed by atoms with Crippen LogP contribution in [0.25, 0.3) is 0 Å². The zero-order valence-electron chi connectivity index (χ0n) is 7.91. The van der Waals surface area contributed by atoms with E-state index in [4.69, 9.17) is 5.73 Å². The highest BCUT2D eigenvalue weighted by atomic mass is 15.1. The molecule has 1 unspecified atom stereocenters. The number of nitrogens with one attached hydrogen (secondary N) is 2. The summed E-state index contributed by atoms with van der Waals surface area (Å²) in [4.78, 5) is 8.03. The van der Waals surface area contributed by atoms with E-state index in [1.165, 1.54) is 6.33 Å². The van der Waals surface area contributed by atoms with Gasteiger partial charge in [-0.1, -0.05) is 0 Å². The first-order chi connectivity index (χ1) is 6.22. The smallest absolute Gasteiger partial charge is 0.131 e. The summed E-state index contributed by atoms with van der Waals surface area (Å²) in [6.07, 6.45) is 1.51. The summed E-state index contributed by atoms with van der Waals surface area (Å²) in [5, 5.41) is 6.04. The molecule has 1 aromatic heterocycles. The molecule has 1 aromatic rings. The molecule has 1 heterocycles. The van der Waals surface area contributed by atoms with Crippen molar-refractivity contribution in [1.29, 1.82) is 0 Å². The van der Waals surface area contributed by atoms with Crippen molar-refractivity contribution in [3.63, 3.8) is 0 Å². The standard InChI is InChI=1S/C8H15N5/c1-6(9)4-11-8-3-7(10-2)12-5-13-8/h3,5-6H,4,9H2,1-2H3,(H2,10,11,12,13). The highest BCUT2D eigenvalue weighted by Crippen LogP contribution is 2.06. The summed E-state index contributed by atoms with van der Waals surface area (Å²) in [6.45, 7) is 2.65. The van der Waals surface area contributed by atoms with Gasteiger partial charge in [-0.15, -0.1) is 0 Å². The van der Waals surface area contributed by atoms with Crippen molar-refractivity contribution in [1.82, 2.24) is 9.97 Å². The van der Waals surface area contributed by atoms with Gasteiger partial charge in [-0.2, -0.15) is 0 Å². The fourth-order valence-corrected chi connectivity index (χ4v) is 0.856. The normalized spacial score (nSPS) is 12.2. The number of anilines is 2. The maximum absolute atomic E-state index is 5.59. The molecule has 0 amide bonds. The molecule has 0 aliphatic heterocycles. The first-order valence-electron chi connectivity index (χ1n) is 4.21. The third kappa shape index (κ3) is 3.25. The maximum atomic E-state index is 5.59. The highest BCUT2D eigenvalue weighted by molar-refractivity contribution is 5.45. The van der Waals surface area contributed by atoms with Gasteiger partial charge in [0, 0.05) is 25.7 Å². The topological polar surface area (TPSA) is 75.9 Å². The van der Waals surface area contributed by atoms with Crippen molar-refractivity contribution in [2.45, 2.75) is 13.0 Å². The maximum Gasteiger partial charge on any atom is 0.131 e. The Kier molecular flexibility index (Phi) is 3.45. The molecule has 0 radical (unpaired) electrons. The third-order valence-electron chi connectivity index (χ3n) is 1.53. The molecule has 0 saturated heterocycles. The van der Waals surface area contributed by atoms with Gasteiger partial charge in [0.2, 0.25) is 0 Å². The molecule has 0 aliphatic carbocycles. The van der Waals surface area contributed by atoms with Crippen LogP contribution in [0, 0.1) is 0 Å². The van der Waals surface area contributed by atoms with Gasteiger partial charge in [-0.3, -0.25) is 0 Å². The number of hydrogen-bond donors (Lipinski definition) is 3. The van der Waals surface area contributed by atoms with Gasteiger partial charge in [-0.05, 0) is 6.92 Å². The number of nitrogens with zero attached hydrogens (tertiary/aromatic N) is 2. The number of rotatable bonds is 4. The van der Waals surface area contributed by atoms with Gasteiger partial charge in [-0.25, -0.2) is 9.97 Å². The van der Waals surface area contributed by atoms with Crippen LogP contribution in [0.1, 0.15) is 6.92 Å². The SMILES string of the molecule is CNc1cc(NCC(C)N)ncn1. The molecule has 72 valence electrons. The van der Waals surface area contributed by atoms with E-state index in [0.29, 0.717) is 6.54 Å². The molecule has 13 heavy (non-hydrogen) atoms. The first kappa shape index (κ1) is 9.73. The Morgan fingerprint density at radius 3 is 2.77 bits per heavy atom. The summed E-state index contributed by atoms with van der Waals surface area (Å²) >= 11 is 0. The zero-order chi connectivity index (χ0) is 9.68. The highest BCUT2D eigenvalue weighted by Gasteiger charge is 1.97. The van der Waals surface area contributed by atoms with E-state index in [1.807, 2.05) is 20.0 Å². The Morgan fingerprint density at radius 2 is 2.15 bits per heavy atom. The molecule has 0 aromatic carbocycles. The lowest BCUT2D eigenvalue weighted by Crippen LogP contribution is -2.25. The van der Waals surface area contributed by atoms with Crippen molar-refractivity contribution < 1.29 is 0 Å². The first-order valence-corrected chi connectivity index (χ1v) is 4.21. The zero-order valence-corrected chi connectivity index (χ0v) is 7.91. The molecule has 0 spiro atoms. The predicted octanol–water partition coefficient (Wildman–Crippen LogP) is 0.277. The van der Waals surface area contributed by atoms with E-state index in [1.54, 1.807) is 0 Å². The third-order valence-corrected chi connectivity index (χ3v) is 1.53. The molecule has 1 rings (SSSR count). The number of aromatic nitrogens is 2. The Bertz CT molecular complexity index is 260. The monoisotopic (exact) mass is 181 g/mol. The molecular weight excluding hydrogens is 166 g/mol.